The van der Waals surface area contributed by atoms with Gasteiger partial charge in [0.2, 0.25) is 0 Å². The van der Waals surface area contributed by atoms with Crippen LogP contribution in [-0.2, 0) is 9.47 Å². The molecule has 0 aliphatic carbocycles. The van der Waals surface area contributed by atoms with Gasteiger partial charge in [0.05, 0.1) is 5.56 Å². The van der Waals surface area contributed by atoms with Crippen molar-refractivity contribution in [3.63, 3.8) is 0 Å². The summed E-state index contributed by atoms with van der Waals surface area (Å²) >= 11 is 1.61. The third-order valence-corrected chi connectivity index (χ3v) is 3.44. The fourth-order valence-electron chi connectivity index (χ4n) is 1.58. The molecule has 0 amide bonds. The number of carboxylic acid groups (broad SMARTS) is 1. The highest BCUT2D eigenvalue weighted by molar-refractivity contribution is 7.99. The van der Waals surface area contributed by atoms with E-state index >= 15 is 0 Å². The number of carboxylic acids is 1. The molecule has 0 unspecified atom stereocenters. The van der Waals surface area contributed by atoms with Gasteiger partial charge in [0.25, 0.3) is 0 Å². The van der Waals surface area contributed by atoms with Crippen LogP contribution in [0.4, 0.5) is 0 Å². The number of aromatic carboxylic acids is 1. The number of ether oxygens (including phenoxy) is 2. The normalized spacial score (nSPS) is 10.9. The average molecular weight is 284 g/mol. The first-order chi connectivity index (χ1) is 9.17. The Morgan fingerprint density at radius 3 is 2.58 bits per heavy atom. The molecule has 0 fully saturated rings. The van der Waals surface area contributed by atoms with E-state index in [2.05, 4.69) is 0 Å². The molecule has 1 aromatic carbocycles. The van der Waals surface area contributed by atoms with Crippen molar-refractivity contribution in [1.29, 1.82) is 0 Å². The van der Waals surface area contributed by atoms with Gasteiger partial charge in [-0.1, -0.05) is 6.07 Å². The van der Waals surface area contributed by atoms with Crippen molar-refractivity contribution in [3.05, 3.63) is 29.8 Å². The van der Waals surface area contributed by atoms with Gasteiger partial charge < -0.3 is 14.6 Å². The van der Waals surface area contributed by atoms with Crippen LogP contribution >= 0.6 is 11.8 Å². The first-order valence-electron chi connectivity index (χ1n) is 6.36. The Morgan fingerprint density at radius 2 is 2.00 bits per heavy atom. The first kappa shape index (κ1) is 16.0. The van der Waals surface area contributed by atoms with E-state index in [9.17, 15) is 4.79 Å². The Hall–Kier alpha value is -1.04. The largest absolute Gasteiger partial charge is 0.478 e. The van der Waals surface area contributed by atoms with Crippen molar-refractivity contribution in [2.45, 2.75) is 31.5 Å². The summed E-state index contributed by atoms with van der Waals surface area (Å²) < 4.78 is 10.9. The van der Waals surface area contributed by atoms with E-state index in [-0.39, 0.29) is 6.29 Å². The zero-order chi connectivity index (χ0) is 14.1. The minimum absolute atomic E-state index is 0.176. The summed E-state index contributed by atoms with van der Waals surface area (Å²) in [7, 11) is 0. The molecule has 0 bridgehead atoms. The van der Waals surface area contributed by atoms with E-state index in [1.54, 1.807) is 30.0 Å². The van der Waals surface area contributed by atoms with Crippen molar-refractivity contribution in [3.8, 4) is 0 Å². The van der Waals surface area contributed by atoms with Crippen LogP contribution in [-0.4, -0.2) is 36.3 Å². The lowest BCUT2D eigenvalue weighted by Crippen LogP contribution is -2.18. The quantitative estimate of drug-likeness (QED) is 0.557. The maximum absolute atomic E-state index is 10.9. The second kappa shape index (κ2) is 8.96. The Kier molecular flexibility index (Phi) is 7.55. The molecule has 0 aliphatic rings. The molecule has 19 heavy (non-hydrogen) atoms. The molecule has 1 N–H and O–H groups in total. The molecule has 0 saturated heterocycles. The van der Waals surface area contributed by atoms with Gasteiger partial charge in [-0.2, -0.15) is 0 Å². The van der Waals surface area contributed by atoms with Crippen molar-refractivity contribution < 1.29 is 19.4 Å². The van der Waals surface area contributed by atoms with Gasteiger partial charge >= 0.3 is 5.97 Å². The van der Waals surface area contributed by atoms with Gasteiger partial charge in [-0.25, -0.2) is 4.79 Å². The number of thioether (sulfide) groups is 1. The molecule has 0 saturated carbocycles. The summed E-state index contributed by atoms with van der Waals surface area (Å²) in [4.78, 5) is 11.8. The number of benzene rings is 1. The van der Waals surface area contributed by atoms with E-state index < -0.39 is 5.97 Å². The standard InChI is InChI=1S/C14H20O4S/c1-3-17-13(18-4-2)8-9-19-12-7-5-6-11(10-12)14(15)16/h5-7,10,13H,3-4,8-9H2,1-2H3,(H,15,16). The number of carbonyl (C=O) groups is 1. The molecule has 106 valence electrons. The Morgan fingerprint density at radius 1 is 1.32 bits per heavy atom. The Bertz CT molecular complexity index is 389. The predicted octanol–water partition coefficient (Wildman–Crippen LogP) is 3.27. The van der Waals surface area contributed by atoms with E-state index in [1.165, 1.54) is 0 Å². The topological polar surface area (TPSA) is 55.8 Å². The smallest absolute Gasteiger partial charge is 0.335 e. The molecule has 1 aromatic rings. The Labute approximate surface area is 118 Å². The van der Waals surface area contributed by atoms with E-state index in [1.807, 2.05) is 19.9 Å². The molecule has 0 radical (unpaired) electrons. The lowest BCUT2D eigenvalue weighted by atomic mass is 10.2. The van der Waals surface area contributed by atoms with Gasteiger partial charge in [-0.3, -0.25) is 0 Å². The summed E-state index contributed by atoms with van der Waals surface area (Å²) in [5.41, 5.74) is 0.316. The van der Waals surface area contributed by atoms with Gasteiger partial charge in [0, 0.05) is 30.3 Å². The zero-order valence-electron chi connectivity index (χ0n) is 11.3. The van der Waals surface area contributed by atoms with Gasteiger partial charge in [-0.15, -0.1) is 11.8 Å². The predicted molar refractivity (Wildman–Crippen MR) is 75.8 cm³/mol. The first-order valence-corrected chi connectivity index (χ1v) is 7.35. The highest BCUT2D eigenvalue weighted by atomic mass is 32.2. The lowest BCUT2D eigenvalue weighted by molar-refractivity contribution is -0.136. The van der Waals surface area contributed by atoms with Crippen molar-refractivity contribution >= 4 is 17.7 Å². The summed E-state index contributed by atoms with van der Waals surface area (Å²) in [5, 5.41) is 8.91. The van der Waals surface area contributed by atoms with Crippen LogP contribution in [0.3, 0.4) is 0 Å². The summed E-state index contributed by atoms with van der Waals surface area (Å²) in [6.45, 7) is 5.14. The average Bonchev–Trinajstić information content (AvgIpc) is 2.39. The molecule has 4 nitrogen and oxygen atoms in total. The van der Waals surface area contributed by atoms with Crippen LogP contribution in [0.25, 0.3) is 0 Å². The van der Waals surface area contributed by atoms with E-state index in [4.69, 9.17) is 14.6 Å². The number of hydrogen-bond donors (Lipinski definition) is 1. The van der Waals surface area contributed by atoms with E-state index in [0.29, 0.717) is 18.8 Å². The maximum atomic E-state index is 10.9. The van der Waals surface area contributed by atoms with Crippen LogP contribution in [0.2, 0.25) is 0 Å². The summed E-state index contributed by atoms with van der Waals surface area (Å²) in [6, 6.07) is 6.95. The summed E-state index contributed by atoms with van der Waals surface area (Å²) in [5.74, 6) is -0.0720. The maximum Gasteiger partial charge on any atom is 0.335 e. The third kappa shape index (κ3) is 6.09. The highest BCUT2D eigenvalue weighted by Gasteiger charge is 2.08. The lowest BCUT2D eigenvalue weighted by Gasteiger charge is -2.16. The third-order valence-electron chi connectivity index (χ3n) is 2.41. The van der Waals surface area contributed by atoms with Gasteiger partial charge in [0.1, 0.15) is 0 Å². The monoisotopic (exact) mass is 284 g/mol. The molecule has 0 atom stereocenters. The fraction of sp³-hybridized carbons (Fsp3) is 0.500. The summed E-state index contributed by atoms with van der Waals surface area (Å²) in [6.07, 6.45) is 0.606. The molecular weight excluding hydrogens is 264 g/mol. The molecular formula is C14H20O4S. The van der Waals surface area contributed by atoms with Crippen LogP contribution in [0.1, 0.15) is 30.6 Å². The molecule has 0 spiro atoms. The number of hydrogen-bond acceptors (Lipinski definition) is 4. The molecule has 0 heterocycles. The second-order valence-corrected chi connectivity index (χ2v) is 4.98. The minimum atomic E-state index is -0.899. The van der Waals surface area contributed by atoms with Crippen molar-refractivity contribution in [1.82, 2.24) is 0 Å². The van der Waals surface area contributed by atoms with Crippen LogP contribution in [0, 0.1) is 0 Å². The van der Waals surface area contributed by atoms with E-state index in [0.717, 1.165) is 17.1 Å². The SMILES string of the molecule is CCOC(CCSc1cccc(C(=O)O)c1)OCC. The molecule has 1 rings (SSSR count). The highest BCUT2D eigenvalue weighted by Crippen LogP contribution is 2.21. The van der Waals surface area contributed by atoms with Crippen molar-refractivity contribution in [2.24, 2.45) is 0 Å². The van der Waals surface area contributed by atoms with Gasteiger partial charge in [-0.05, 0) is 32.0 Å². The zero-order valence-corrected chi connectivity index (χ0v) is 12.1. The van der Waals surface area contributed by atoms with Crippen LogP contribution in [0.15, 0.2) is 29.2 Å². The Balaban J connectivity index is 2.43. The second-order valence-electron chi connectivity index (χ2n) is 3.81. The molecule has 0 aromatic heterocycles. The van der Waals surface area contributed by atoms with Gasteiger partial charge in [0.15, 0.2) is 6.29 Å². The molecule has 5 heteroatoms. The van der Waals surface area contributed by atoms with Crippen LogP contribution in [0.5, 0.6) is 0 Å². The van der Waals surface area contributed by atoms with Crippen molar-refractivity contribution in [2.75, 3.05) is 19.0 Å². The molecule has 0 aliphatic heterocycles. The minimum Gasteiger partial charge on any atom is -0.478 e. The number of rotatable bonds is 9. The fourth-order valence-corrected chi connectivity index (χ4v) is 2.51. The van der Waals surface area contributed by atoms with Crippen LogP contribution < -0.4 is 0 Å².